The van der Waals surface area contributed by atoms with Gasteiger partial charge in [0.2, 0.25) is 0 Å². The Hall–Kier alpha value is -0.130. The van der Waals surface area contributed by atoms with Crippen molar-refractivity contribution >= 4 is 9.84 Å². The van der Waals surface area contributed by atoms with Crippen LogP contribution in [0.5, 0.6) is 0 Å². The van der Waals surface area contributed by atoms with Crippen molar-refractivity contribution in [3.63, 3.8) is 0 Å². The van der Waals surface area contributed by atoms with Gasteiger partial charge in [-0.25, -0.2) is 8.42 Å². The quantitative estimate of drug-likeness (QED) is 0.784. The van der Waals surface area contributed by atoms with E-state index in [1.165, 1.54) is 0 Å². The van der Waals surface area contributed by atoms with E-state index in [0.717, 1.165) is 26.1 Å². The lowest BCUT2D eigenvalue weighted by atomic mass is 9.79. The molecule has 0 aliphatic carbocycles. The van der Waals surface area contributed by atoms with Crippen LogP contribution in [0.3, 0.4) is 0 Å². The van der Waals surface area contributed by atoms with Crippen molar-refractivity contribution in [3.8, 4) is 0 Å². The highest BCUT2D eigenvalue weighted by atomic mass is 32.2. The molecule has 1 N–H and O–H groups in total. The molecule has 1 saturated heterocycles. The van der Waals surface area contributed by atoms with Gasteiger partial charge in [-0.15, -0.1) is 0 Å². The summed E-state index contributed by atoms with van der Waals surface area (Å²) >= 11 is 0. The molecule has 0 amide bonds. The van der Waals surface area contributed by atoms with E-state index in [1.807, 2.05) is 0 Å². The third-order valence-electron chi connectivity index (χ3n) is 4.66. The fourth-order valence-corrected chi connectivity index (χ4v) is 4.01. The second kappa shape index (κ2) is 6.97. The maximum Gasteiger partial charge on any atom is 0.155 e. The Morgan fingerprint density at radius 1 is 1.33 bits per heavy atom. The topological polar surface area (TPSA) is 55.4 Å². The van der Waals surface area contributed by atoms with Crippen LogP contribution in [0.1, 0.15) is 54.4 Å². The predicted molar refractivity (Wildman–Crippen MR) is 88.3 cm³/mol. The molecule has 0 radical (unpaired) electrons. The van der Waals surface area contributed by atoms with Crippen LogP contribution in [0.25, 0.3) is 0 Å². The fourth-order valence-electron chi connectivity index (χ4n) is 2.72. The molecule has 1 fully saturated rings. The third kappa shape index (κ3) is 4.93. The van der Waals surface area contributed by atoms with Crippen molar-refractivity contribution in [1.82, 2.24) is 5.32 Å². The molecule has 0 saturated carbocycles. The zero-order valence-electron chi connectivity index (χ0n) is 14.5. The van der Waals surface area contributed by atoms with E-state index in [1.54, 1.807) is 20.8 Å². The summed E-state index contributed by atoms with van der Waals surface area (Å²) in [5.41, 5.74) is -0.0484. The molecule has 21 heavy (non-hydrogen) atoms. The highest BCUT2D eigenvalue weighted by Crippen LogP contribution is 2.39. The Morgan fingerprint density at radius 3 is 2.38 bits per heavy atom. The minimum atomic E-state index is -3.07. The van der Waals surface area contributed by atoms with E-state index < -0.39 is 14.6 Å². The molecule has 0 aromatic carbocycles. The highest BCUT2D eigenvalue weighted by molar-refractivity contribution is 7.92. The summed E-state index contributed by atoms with van der Waals surface area (Å²) in [6, 6.07) is 0. The SMILES string of the molecule is CC(C)CNCC1(CCS(=O)(=O)C(C)(C)C)CCOC1C. The van der Waals surface area contributed by atoms with Crippen molar-refractivity contribution in [2.45, 2.75) is 65.2 Å². The molecular formula is C16H33NO3S. The molecule has 5 heteroatoms. The number of hydrogen-bond acceptors (Lipinski definition) is 4. The third-order valence-corrected chi connectivity index (χ3v) is 7.27. The zero-order valence-corrected chi connectivity index (χ0v) is 15.3. The van der Waals surface area contributed by atoms with Gasteiger partial charge in [0, 0.05) is 18.6 Å². The van der Waals surface area contributed by atoms with Gasteiger partial charge in [-0.1, -0.05) is 13.8 Å². The van der Waals surface area contributed by atoms with Gasteiger partial charge in [0.1, 0.15) is 0 Å². The lowest BCUT2D eigenvalue weighted by Crippen LogP contribution is -2.43. The molecule has 1 rings (SSSR count). The van der Waals surface area contributed by atoms with Crippen LogP contribution in [0, 0.1) is 11.3 Å². The summed E-state index contributed by atoms with van der Waals surface area (Å²) in [5.74, 6) is 0.839. The predicted octanol–water partition coefficient (Wildman–Crippen LogP) is 2.63. The first kappa shape index (κ1) is 18.9. The summed E-state index contributed by atoms with van der Waals surface area (Å²) in [5, 5.41) is 3.50. The molecular weight excluding hydrogens is 286 g/mol. The maximum absolute atomic E-state index is 12.4. The first-order valence-corrected chi connectivity index (χ1v) is 9.70. The molecule has 2 unspecified atom stereocenters. The van der Waals surface area contributed by atoms with Crippen molar-refractivity contribution in [2.24, 2.45) is 11.3 Å². The summed E-state index contributed by atoms with van der Waals surface area (Å²) in [7, 11) is -3.07. The number of sulfone groups is 1. The lowest BCUT2D eigenvalue weighted by molar-refractivity contribution is 0.0610. The van der Waals surface area contributed by atoms with Crippen molar-refractivity contribution in [1.29, 1.82) is 0 Å². The van der Waals surface area contributed by atoms with Gasteiger partial charge in [0.05, 0.1) is 16.6 Å². The Bertz CT molecular complexity index is 425. The van der Waals surface area contributed by atoms with Crippen LogP contribution < -0.4 is 5.32 Å². The van der Waals surface area contributed by atoms with Crippen molar-refractivity contribution < 1.29 is 13.2 Å². The number of rotatable bonds is 7. The Morgan fingerprint density at radius 2 is 1.95 bits per heavy atom. The van der Waals surface area contributed by atoms with Gasteiger partial charge in [-0.2, -0.15) is 0 Å². The average molecular weight is 320 g/mol. The van der Waals surface area contributed by atoms with E-state index in [0.29, 0.717) is 12.3 Å². The number of hydrogen-bond donors (Lipinski definition) is 1. The van der Waals surface area contributed by atoms with Crippen LogP contribution in [0.4, 0.5) is 0 Å². The standard InChI is InChI=1S/C16H33NO3S/c1-13(2)11-17-12-16(7-9-20-14(16)3)8-10-21(18,19)15(4,5)6/h13-14,17H,7-12H2,1-6H3. The maximum atomic E-state index is 12.4. The smallest absolute Gasteiger partial charge is 0.155 e. The molecule has 0 aromatic heterocycles. The highest BCUT2D eigenvalue weighted by Gasteiger charge is 2.43. The molecule has 0 bridgehead atoms. The Balaban J connectivity index is 2.72. The summed E-state index contributed by atoms with van der Waals surface area (Å²) in [6.45, 7) is 14.3. The molecule has 1 aliphatic heterocycles. The second-order valence-electron chi connectivity index (χ2n) is 7.83. The van der Waals surface area contributed by atoms with Gasteiger partial charge < -0.3 is 10.1 Å². The van der Waals surface area contributed by atoms with Gasteiger partial charge in [-0.3, -0.25) is 0 Å². The number of ether oxygens (including phenoxy) is 1. The van der Waals surface area contributed by atoms with Crippen molar-refractivity contribution in [3.05, 3.63) is 0 Å². The van der Waals surface area contributed by atoms with Crippen LogP contribution >= 0.6 is 0 Å². The summed E-state index contributed by atoms with van der Waals surface area (Å²) in [6.07, 6.45) is 1.74. The molecule has 1 aliphatic rings. The second-order valence-corrected chi connectivity index (χ2v) is 10.7. The zero-order chi connectivity index (χ0) is 16.3. The molecule has 0 spiro atoms. The minimum absolute atomic E-state index is 0.0484. The number of nitrogens with one attached hydrogen (secondary N) is 1. The normalized spacial score (nSPS) is 27.5. The fraction of sp³-hybridized carbons (Fsp3) is 1.00. The first-order valence-electron chi connectivity index (χ1n) is 8.05. The molecule has 2 atom stereocenters. The molecule has 1 heterocycles. The molecule has 126 valence electrons. The monoisotopic (exact) mass is 319 g/mol. The van der Waals surface area contributed by atoms with Crippen LogP contribution in [0.2, 0.25) is 0 Å². The molecule has 4 nitrogen and oxygen atoms in total. The van der Waals surface area contributed by atoms with Gasteiger partial charge in [0.15, 0.2) is 9.84 Å². The average Bonchev–Trinajstić information content (AvgIpc) is 2.67. The van der Waals surface area contributed by atoms with Gasteiger partial charge in [-0.05, 0) is 53.0 Å². The minimum Gasteiger partial charge on any atom is -0.378 e. The summed E-state index contributed by atoms with van der Waals surface area (Å²) in [4.78, 5) is 0. The Labute approximate surface area is 130 Å². The van der Waals surface area contributed by atoms with E-state index in [9.17, 15) is 8.42 Å². The van der Waals surface area contributed by atoms with Gasteiger partial charge >= 0.3 is 0 Å². The lowest BCUT2D eigenvalue weighted by Gasteiger charge is -2.34. The van der Waals surface area contributed by atoms with Crippen molar-refractivity contribution in [2.75, 3.05) is 25.4 Å². The molecule has 0 aromatic rings. The van der Waals surface area contributed by atoms with Crippen LogP contribution in [-0.2, 0) is 14.6 Å². The van der Waals surface area contributed by atoms with Crippen LogP contribution in [0.15, 0.2) is 0 Å². The van der Waals surface area contributed by atoms with E-state index in [2.05, 4.69) is 26.1 Å². The van der Waals surface area contributed by atoms with E-state index in [-0.39, 0.29) is 17.3 Å². The van der Waals surface area contributed by atoms with E-state index >= 15 is 0 Å². The van der Waals surface area contributed by atoms with E-state index in [4.69, 9.17) is 4.74 Å². The Kier molecular flexibility index (Phi) is 6.28. The largest absolute Gasteiger partial charge is 0.378 e. The van der Waals surface area contributed by atoms with Gasteiger partial charge in [0.25, 0.3) is 0 Å². The van der Waals surface area contributed by atoms with Crippen LogP contribution in [-0.4, -0.2) is 44.7 Å². The first-order chi connectivity index (χ1) is 9.50. The summed E-state index contributed by atoms with van der Waals surface area (Å²) < 4.78 is 29.8.